The molecule has 0 atom stereocenters. The minimum Gasteiger partial charge on any atom is -0.504 e. The molecule has 6 heteroatoms. The summed E-state index contributed by atoms with van der Waals surface area (Å²) in [4.78, 5) is 25.0. The second kappa shape index (κ2) is 11.1. The van der Waals surface area contributed by atoms with Crippen molar-refractivity contribution in [1.82, 2.24) is 0 Å². The van der Waals surface area contributed by atoms with Crippen LogP contribution in [0.1, 0.15) is 78.7 Å². The van der Waals surface area contributed by atoms with Crippen LogP contribution in [0.5, 0.6) is 11.5 Å². The normalized spacial score (nSPS) is 18.2. The number of phenols is 1. The Morgan fingerprint density at radius 3 is 2.34 bits per heavy atom. The molecule has 32 heavy (non-hydrogen) atoms. The van der Waals surface area contributed by atoms with Crippen LogP contribution in [0.2, 0.25) is 0 Å². The van der Waals surface area contributed by atoms with Crippen molar-refractivity contribution in [2.45, 2.75) is 64.9 Å². The lowest BCUT2D eigenvalue weighted by Gasteiger charge is -2.28. The first kappa shape index (κ1) is 23.8. The van der Waals surface area contributed by atoms with Gasteiger partial charge in [-0.15, -0.1) is 0 Å². The summed E-state index contributed by atoms with van der Waals surface area (Å²) in [5.74, 6) is -1.79. The van der Waals surface area contributed by atoms with E-state index < -0.39 is 17.3 Å². The van der Waals surface area contributed by atoms with Gasteiger partial charge >= 0.3 is 5.97 Å². The minimum atomic E-state index is -0.945. The molecule has 1 N–H and O–H groups in total. The molecule has 0 spiro atoms. The second-order valence-electron chi connectivity index (χ2n) is 8.34. The van der Waals surface area contributed by atoms with E-state index in [1.807, 2.05) is 0 Å². The van der Waals surface area contributed by atoms with Crippen LogP contribution in [-0.2, 0) is 11.2 Å². The fraction of sp³-hybridized carbons (Fsp3) is 0.462. The molecular formula is C26H31FO5. The summed E-state index contributed by atoms with van der Waals surface area (Å²) in [6.45, 7) is 4.15. The van der Waals surface area contributed by atoms with Gasteiger partial charge in [0.25, 0.3) is 0 Å². The van der Waals surface area contributed by atoms with Crippen molar-refractivity contribution in [3.05, 3.63) is 58.9 Å². The van der Waals surface area contributed by atoms with E-state index in [1.165, 1.54) is 25.0 Å². The number of ketones is 1. The Balaban J connectivity index is 1.57. The molecule has 2 aromatic carbocycles. The Bertz CT molecular complexity index is 930. The first-order valence-electron chi connectivity index (χ1n) is 11.4. The van der Waals surface area contributed by atoms with E-state index >= 15 is 0 Å². The number of benzene rings is 2. The van der Waals surface area contributed by atoms with Crippen molar-refractivity contribution in [3.8, 4) is 11.5 Å². The Hall–Kier alpha value is -2.89. The van der Waals surface area contributed by atoms with Crippen molar-refractivity contribution in [2.24, 2.45) is 5.92 Å². The monoisotopic (exact) mass is 442 g/mol. The molecule has 0 radical (unpaired) electrons. The number of esters is 1. The molecule has 0 saturated heterocycles. The fourth-order valence-corrected chi connectivity index (χ4v) is 4.24. The van der Waals surface area contributed by atoms with Gasteiger partial charge in [0, 0.05) is 6.42 Å². The number of hydrogen-bond acceptors (Lipinski definition) is 5. The molecule has 5 nitrogen and oxygen atoms in total. The lowest BCUT2D eigenvalue weighted by atomic mass is 9.85. The standard InChI is InChI=1S/C26H31FO5/c1-3-5-17-8-12-20(13-9-17)32-26(30)19-10-6-18(7-11-19)16-22(28)21-14-15-23(31-4-2)24(27)25(21)29/h6-7,10-11,14-15,17,20,29H,3-5,8-9,12-13,16H2,1-2H3. The summed E-state index contributed by atoms with van der Waals surface area (Å²) < 4.78 is 24.9. The van der Waals surface area contributed by atoms with E-state index in [-0.39, 0.29) is 36.4 Å². The van der Waals surface area contributed by atoms with Gasteiger partial charge in [0.1, 0.15) is 6.10 Å². The van der Waals surface area contributed by atoms with Gasteiger partial charge in [-0.2, -0.15) is 4.39 Å². The molecule has 3 rings (SSSR count). The third kappa shape index (κ3) is 5.87. The van der Waals surface area contributed by atoms with Crippen LogP contribution in [0.25, 0.3) is 0 Å². The smallest absolute Gasteiger partial charge is 0.338 e. The van der Waals surface area contributed by atoms with Crippen LogP contribution >= 0.6 is 0 Å². The zero-order valence-electron chi connectivity index (χ0n) is 18.7. The molecule has 0 amide bonds. The molecular weight excluding hydrogens is 411 g/mol. The quantitative estimate of drug-likeness (QED) is 0.388. The highest BCUT2D eigenvalue weighted by Crippen LogP contribution is 2.31. The zero-order chi connectivity index (χ0) is 23.1. The van der Waals surface area contributed by atoms with Gasteiger partial charge in [0.05, 0.1) is 17.7 Å². The average Bonchev–Trinajstić information content (AvgIpc) is 2.79. The molecule has 0 bridgehead atoms. The number of rotatable bonds is 9. The van der Waals surface area contributed by atoms with E-state index in [0.717, 1.165) is 31.6 Å². The molecule has 1 fully saturated rings. The van der Waals surface area contributed by atoms with Gasteiger partial charge in [-0.25, -0.2) is 4.79 Å². The maximum absolute atomic E-state index is 14.2. The largest absolute Gasteiger partial charge is 0.504 e. The maximum atomic E-state index is 14.2. The number of carbonyl (C=O) groups is 2. The molecule has 1 aliphatic rings. The SMILES string of the molecule is CCCC1CCC(OC(=O)c2ccc(CC(=O)c3ccc(OCC)c(F)c3O)cc2)CC1. The molecule has 0 aromatic heterocycles. The molecule has 0 heterocycles. The van der Waals surface area contributed by atoms with Gasteiger partial charge < -0.3 is 14.6 Å². The summed E-state index contributed by atoms with van der Waals surface area (Å²) in [6, 6.07) is 9.30. The molecule has 0 aliphatic heterocycles. The Labute approximate surface area is 188 Å². The number of Topliss-reactive ketones (excluding diaryl/α,β-unsaturated/α-hetero) is 1. The number of halogens is 1. The number of aromatic hydroxyl groups is 1. The summed E-state index contributed by atoms with van der Waals surface area (Å²) in [5, 5.41) is 10.0. The number of ether oxygens (including phenoxy) is 2. The number of hydrogen-bond donors (Lipinski definition) is 1. The summed E-state index contributed by atoms with van der Waals surface area (Å²) in [6.07, 6.45) is 6.39. The van der Waals surface area contributed by atoms with Crippen molar-refractivity contribution >= 4 is 11.8 Å². The van der Waals surface area contributed by atoms with Crippen LogP contribution in [0.4, 0.5) is 4.39 Å². The van der Waals surface area contributed by atoms with Gasteiger partial charge in [-0.1, -0.05) is 31.9 Å². The highest BCUT2D eigenvalue weighted by molar-refractivity contribution is 6.00. The molecule has 0 unspecified atom stereocenters. The van der Waals surface area contributed by atoms with E-state index in [4.69, 9.17) is 9.47 Å². The van der Waals surface area contributed by atoms with Gasteiger partial charge in [0.15, 0.2) is 17.3 Å². The second-order valence-corrected chi connectivity index (χ2v) is 8.34. The number of phenolic OH excluding ortho intramolecular Hbond substituents is 1. The minimum absolute atomic E-state index is 0.0300. The van der Waals surface area contributed by atoms with Gasteiger partial charge in [0.2, 0.25) is 5.82 Å². The summed E-state index contributed by atoms with van der Waals surface area (Å²) >= 11 is 0. The first-order chi connectivity index (χ1) is 15.4. The van der Waals surface area contributed by atoms with Gasteiger partial charge in [-0.3, -0.25) is 4.79 Å². The average molecular weight is 443 g/mol. The molecule has 1 aliphatic carbocycles. The Morgan fingerprint density at radius 2 is 1.72 bits per heavy atom. The fourth-order valence-electron chi connectivity index (χ4n) is 4.24. The Kier molecular flexibility index (Phi) is 8.26. The van der Waals surface area contributed by atoms with E-state index in [0.29, 0.717) is 11.1 Å². The lowest BCUT2D eigenvalue weighted by molar-refractivity contribution is 0.0161. The Morgan fingerprint density at radius 1 is 1.03 bits per heavy atom. The first-order valence-corrected chi connectivity index (χ1v) is 11.4. The van der Waals surface area contributed by atoms with Crippen molar-refractivity contribution < 1.29 is 28.6 Å². The van der Waals surface area contributed by atoms with Crippen LogP contribution < -0.4 is 4.74 Å². The lowest BCUT2D eigenvalue weighted by Crippen LogP contribution is -2.24. The highest BCUT2D eigenvalue weighted by Gasteiger charge is 2.24. The third-order valence-electron chi connectivity index (χ3n) is 6.00. The third-order valence-corrected chi connectivity index (χ3v) is 6.00. The van der Waals surface area contributed by atoms with Crippen LogP contribution in [-0.4, -0.2) is 29.6 Å². The molecule has 1 saturated carbocycles. The van der Waals surface area contributed by atoms with E-state index in [1.54, 1.807) is 31.2 Å². The zero-order valence-corrected chi connectivity index (χ0v) is 18.7. The highest BCUT2D eigenvalue weighted by atomic mass is 19.1. The van der Waals surface area contributed by atoms with Crippen molar-refractivity contribution in [1.29, 1.82) is 0 Å². The van der Waals surface area contributed by atoms with Crippen LogP contribution in [0.3, 0.4) is 0 Å². The molecule has 172 valence electrons. The topological polar surface area (TPSA) is 72.8 Å². The predicted molar refractivity (Wildman–Crippen MR) is 120 cm³/mol. The molecule has 2 aromatic rings. The van der Waals surface area contributed by atoms with Crippen LogP contribution in [0, 0.1) is 11.7 Å². The van der Waals surface area contributed by atoms with Crippen molar-refractivity contribution in [2.75, 3.05) is 6.61 Å². The predicted octanol–water partition coefficient (Wildman–Crippen LogP) is 5.87. The van der Waals surface area contributed by atoms with Crippen molar-refractivity contribution in [3.63, 3.8) is 0 Å². The summed E-state index contributed by atoms with van der Waals surface area (Å²) in [7, 11) is 0. The van der Waals surface area contributed by atoms with E-state index in [2.05, 4.69) is 6.92 Å². The van der Waals surface area contributed by atoms with Crippen LogP contribution in [0.15, 0.2) is 36.4 Å². The summed E-state index contributed by atoms with van der Waals surface area (Å²) in [5.41, 5.74) is 0.986. The maximum Gasteiger partial charge on any atom is 0.338 e. The van der Waals surface area contributed by atoms with Gasteiger partial charge in [-0.05, 0) is 68.4 Å². The van der Waals surface area contributed by atoms with E-state index in [9.17, 15) is 19.1 Å². The number of carbonyl (C=O) groups excluding carboxylic acids is 2.